The average Bonchev–Trinajstić information content (AvgIpc) is 2.00. The van der Waals surface area contributed by atoms with Gasteiger partial charge in [-0.2, -0.15) is 0 Å². The molecule has 0 fully saturated rings. The zero-order chi connectivity index (χ0) is 8.91. The van der Waals surface area contributed by atoms with E-state index in [-0.39, 0.29) is 11.5 Å². The van der Waals surface area contributed by atoms with Gasteiger partial charge < -0.3 is 0 Å². The Bertz CT molecular complexity index is 99.7. The molecule has 0 amide bonds. The number of rotatable bonds is 5. The van der Waals surface area contributed by atoms with Gasteiger partial charge in [-0.3, -0.25) is 0 Å². The Kier molecular flexibility index (Phi) is 4.69. The van der Waals surface area contributed by atoms with Crippen LogP contribution < -0.4 is 0 Å². The van der Waals surface area contributed by atoms with Gasteiger partial charge in [-0.25, -0.2) is 9.78 Å². The zero-order valence-corrected chi connectivity index (χ0v) is 8.31. The molecule has 0 rings (SSSR count). The summed E-state index contributed by atoms with van der Waals surface area (Å²) in [5.74, 6) is 0. The van der Waals surface area contributed by atoms with Crippen molar-refractivity contribution in [2.75, 3.05) is 6.61 Å². The Balaban J connectivity index is 3.71. The number of hydrogen-bond acceptors (Lipinski definition) is 2. The summed E-state index contributed by atoms with van der Waals surface area (Å²) in [6.45, 7) is 11.1. The van der Waals surface area contributed by atoms with Gasteiger partial charge in [0, 0.05) is 0 Å². The van der Waals surface area contributed by atoms with Gasteiger partial charge in [-0.05, 0) is 25.7 Å². The molecule has 1 atom stereocenters. The summed E-state index contributed by atoms with van der Waals surface area (Å²) in [5.41, 5.74) is 0.204. The largest absolute Gasteiger partial charge is 0.237 e. The SMILES string of the molecule is CCOOC(C)C(C)(C)CC. The Morgan fingerprint density at radius 3 is 2.18 bits per heavy atom. The molecule has 0 aromatic carbocycles. The first-order valence-corrected chi connectivity index (χ1v) is 4.32. The second-order valence-corrected chi connectivity index (χ2v) is 3.49. The van der Waals surface area contributed by atoms with Crippen molar-refractivity contribution in [2.24, 2.45) is 5.41 Å². The van der Waals surface area contributed by atoms with Crippen molar-refractivity contribution < 1.29 is 9.78 Å². The molecule has 0 aromatic heterocycles. The molecule has 0 spiro atoms. The summed E-state index contributed by atoms with van der Waals surface area (Å²) in [5, 5.41) is 0. The normalized spacial score (nSPS) is 15.0. The first-order chi connectivity index (χ1) is 5.04. The minimum atomic E-state index is 0.160. The fraction of sp³-hybridized carbons (Fsp3) is 1.00. The van der Waals surface area contributed by atoms with Crippen LogP contribution in [0.4, 0.5) is 0 Å². The van der Waals surface area contributed by atoms with Crippen LogP contribution in [0.1, 0.15) is 41.0 Å². The first kappa shape index (κ1) is 10.9. The Hall–Kier alpha value is -0.0800. The second-order valence-electron chi connectivity index (χ2n) is 3.49. The predicted octanol–water partition coefficient (Wildman–Crippen LogP) is 2.78. The third-order valence-corrected chi connectivity index (χ3v) is 2.34. The van der Waals surface area contributed by atoms with Gasteiger partial charge in [0.25, 0.3) is 0 Å². The maximum atomic E-state index is 5.15. The van der Waals surface area contributed by atoms with Gasteiger partial charge in [-0.1, -0.05) is 20.8 Å². The zero-order valence-electron chi connectivity index (χ0n) is 8.31. The average molecular weight is 160 g/mol. The second kappa shape index (κ2) is 4.73. The van der Waals surface area contributed by atoms with Crippen LogP contribution >= 0.6 is 0 Å². The first-order valence-electron chi connectivity index (χ1n) is 4.32. The van der Waals surface area contributed by atoms with Crippen molar-refractivity contribution >= 4 is 0 Å². The highest BCUT2D eigenvalue weighted by Crippen LogP contribution is 2.26. The third kappa shape index (κ3) is 3.73. The highest BCUT2D eigenvalue weighted by atomic mass is 17.2. The van der Waals surface area contributed by atoms with Gasteiger partial charge in [0.15, 0.2) is 0 Å². The lowest BCUT2D eigenvalue weighted by molar-refractivity contribution is -0.335. The van der Waals surface area contributed by atoms with Crippen LogP contribution in [0.5, 0.6) is 0 Å². The molecule has 11 heavy (non-hydrogen) atoms. The van der Waals surface area contributed by atoms with Crippen molar-refractivity contribution in [1.82, 2.24) is 0 Å². The molecule has 0 heterocycles. The van der Waals surface area contributed by atoms with Gasteiger partial charge in [0.05, 0.1) is 12.7 Å². The van der Waals surface area contributed by atoms with Crippen LogP contribution in [0.3, 0.4) is 0 Å². The van der Waals surface area contributed by atoms with Crippen LogP contribution in [0.15, 0.2) is 0 Å². The van der Waals surface area contributed by atoms with Gasteiger partial charge in [0.2, 0.25) is 0 Å². The summed E-state index contributed by atoms with van der Waals surface area (Å²) in [6.07, 6.45) is 1.26. The summed E-state index contributed by atoms with van der Waals surface area (Å²) >= 11 is 0. The molecule has 0 bridgehead atoms. The molecule has 0 saturated carbocycles. The van der Waals surface area contributed by atoms with Crippen LogP contribution in [-0.2, 0) is 9.78 Å². The van der Waals surface area contributed by atoms with E-state index in [1.165, 1.54) is 0 Å². The molecular formula is C9H20O2. The van der Waals surface area contributed by atoms with E-state index in [4.69, 9.17) is 9.78 Å². The molecule has 0 N–H and O–H groups in total. The number of hydrogen-bond donors (Lipinski definition) is 0. The molecular weight excluding hydrogens is 140 g/mol. The Morgan fingerprint density at radius 1 is 1.27 bits per heavy atom. The molecule has 2 heteroatoms. The van der Waals surface area contributed by atoms with E-state index in [0.29, 0.717) is 6.61 Å². The van der Waals surface area contributed by atoms with E-state index in [1.54, 1.807) is 0 Å². The Morgan fingerprint density at radius 2 is 1.82 bits per heavy atom. The molecule has 1 unspecified atom stereocenters. The van der Waals surface area contributed by atoms with Crippen LogP contribution in [-0.4, -0.2) is 12.7 Å². The Labute approximate surface area is 69.8 Å². The maximum Gasteiger partial charge on any atom is 0.0952 e. The monoisotopic (exact) mass is 160 g/mol. The molecule has 0 radical (unpaired) electrons. The minimum absolute atomic E-state index is 0.160. The maximum absolute atomic E-state index is 5.15. The van der Waals surface area contributed by atoms with E-state index < -0.39 is 0 Å². The predicted molar refractivity (Wildman–Crippen MR) is 46.2 cm³/mol. The van der Waals surface area contributed by atoms with Crippen molar-refractivity contribution in [1.29, 1.82) is 0 Å². The molecule has 2 nitrogen and oxygen atoms in total. The lowest BCUT2D eigenvalue weighted by atomic mass is 9.85. The van der Waals surface area contributed by atoms with Crippen molar-refractivity contribution in [3.05, 3.63) is 0 Å². The summed E-state index contributed by atoms with van der Waals surface area (Å²) in [7, 11) is 0. The molecule has 0 aliphatic heterocycles. The van der Waals surface area contributed by atoms with Crippen LogP contribution in [0, 0.1) is 5.41 Å². The summed E-state index contributed by atoms with van der Waals surface area (Å²) in [6, 6.07) is 0. The summed E-state index contributed by atoms with van der Waals surface area (Å²) in [4.78, 5) is 10.0. The fourth-order valence-electron chi connectivity index (χ4n) is 0.588. The highest BCUT2D eigenvalue weighted by molar-refractivity contribution is 4.72. The van der Waals surface area contributed by atoms with E-state index >= 15 is 0 Å². The molecule has 0 saturated heterocycles. The molecule has 0 aliphatic carbocycles. The third-order valence-electron chi connectivity index (χ3n) is 2.34. The molecule has 68 valence electrons. The summed E-state index contributed by atoms with van der Waals surface area (Å²) < 4.78 is 0. The minimum Gasteiger partial charge on any atom is -0.237 e. The smallest absolute Gasteiger partial charge is 0.0952 e. The van der Waals surface area contributed by atoms with E-state index in [0.717, 1.165) is 6.42 Å². The van der Waals surface area contributed by atoms with Crippen LogP contribution in [0.2, 0.25) is 0 Å². The highest BCUT2D eigenvalue weighted by Gasteiger charge is 2.25. The van der Waals surface area contributed by atoms with Crippen molar-refractivity contribution in [3.8, 4) is 0 Å². The quantitative estimate of drug-likeness (QED) is 0.455. The van der Waals surface area contributed by atoms with Crippen molar-refractivity contribution in [2.45, 2.75) is 47.1 Å². The van der Waals surface area contributed by atoms with Gasteiger partial charge in [0.1, 0.15) is 0 Å². The van der Waals surface area contributed by atoms with Gasteiger partial charge in [-0.15, -0.1) is 0 Å². The van der Waals surface area contributed by atoms with E-state index in [1.807, 2.05) is 13.8 Å². The molecule has 0 aliphatic rings. The van der Waals surface area contributed by atoms with E-state index in [9.17, 15) is 0 Å². The van der Waals surface area contributed by atoms with Crippen molar-refractivity contribution in [3.63, 3.8) is 0 Å². The topological polar surface area (TPSA) is 18.5 Å². The fourth-order valence-corrected chi connectivity index (χ4v) is 0.588. The van der Waals surface area contributed by atoms with Crippen LogP contribution in [0.25, 0.3) is 0 Å². The standard InChI is InChI=1S/C9H20O2/c1-6-9(4,5)8(3)11-10-7-2/h8H,6-7H2,1-5H3. The lowest BCUT2D eigenvalue weighted by Crippen LogP contribution is -2.28. The molecule has 0 aromatic rings. The van der Waals surface area contributed by atoms with Gasteiger partial charge >= 0.3 is 0 Å². The lowest BCUT2D eigenvalue weighted by Gasteiger charge is -2.28. The van der Waals surface area contributed by atoms with E-state index in [2.05, 4.69) is 20.8 Å².